The van der Waals surface area contributed by atoms with E-state index in [1.807, 2.05) is 26.2 Å². The van der Waals surface area contributed by atoms with Gasteiger partial charge in [-0.05, 0) is 91.2 Å². The van der Waals surface area contributed by atoms with Crippen molar-refractivity contribution in [1.29, 1.82) is 0 Å². The number of fused-ring (bicyclic) bond motifs is 5. The molecule has 2 fully saturated rings. The molecule has 0 radical (unpaired) electrons. The molecule has 206 valence electrons. The zero-order valence-corrected chi connectivity index (χ0v) is 23.8. The van der Waals surface area contributed by atoms with Gasteiger partial charge < -0.3 is 15.4 Å². The molecule has 38 heavy (non-hydrogen) atoms. The van der Waals surface area contributed by atoms with Crippen LogP contribution in [0.15, 0.2) is 42.3 Å². The van der Waals surface area contributed by atoms with E-state index in [9.17, 15) is 9.59 Å². The minimum atomic E-state index is -0.644. The second kappa shape index (κ2) is 10.6. The van der Waals surface area contributed by atoms with Gasteiger partial charge in [-0.25, -0.2) is 4.79 Å². The van der Waals surface area contributed by atoms with Crippen LogP contribution >= 0.6 is 0 Å². The van der Waals surface area contributed by atoms with Gasteiger partial charge in [0.15, 0.2) is 0 Å². The van der Waals surface area contributed by atoms with Crippen molar-refractivity contribution < 1.29 is 14.3 Å². The van der Waals surface area contributed by atoms with Crippen LogP contribution in [0.5, 0.6) is 0 Å². The first-order valence-electron chi connectivity index (χ1n) is 14.7. The number of amides is 1. The van der Waals surface area contributed by atoms with Crippen LogP contribution < -0.4 is 10.6 Å². The molecule has 6 nitrogen and oxygen atoms in total. The third-order valence-corrected chi connectivity index (χ3v) is 10.3. The number of rotatable bonds is 7. The van der Waals surface area contributed by atoms with Crippen molar-refractivity contribution in [2.45, 2.75) is 97.8 Å². The van der Waals surface area contributed by atoms with Crippen molar-refractivity contribution in [3.05, 3.63) is 47.8 Å². The van der Waals surface area contributed by atoms with E-state index in [0.717, 1.165) is 32.1 Å². The molecular formula is C32H45N3O3. The molecule has 0 aliphatic heterocycles. The SMILES string of the molecule is CC(C)NCC(=O)NC(C)C(=O)OC1CCC2(C)C(=CCC3C2CCC2(C)C(c4cccnc4)=CCC32)C1. The van der Waals surface area contributed by atoms with Gasteiger partial charge in [-0.15, -0.1) is 0 Å². The Kier molecular flexibility index (Phi) is 7.56. The van der Waals surface area contributed by atoms with Crippen LogP contribution in [0, 0.1) is 28.6 Å². The minimum absolute atomic E-state index is 0.106. The third kappa shape index (κ3) is 4.97. The monoisotopic (exact) mass is 519 g/mol. The van der Waals surface area contributed by atoms with E-state index >= 15 is 0 Å². The van der Waals surface area contributed by atoms with Crippen molar-refractivity contribution in [1.82, 2.24) is 15.6 Å². The fraction of sp³-hybridized carbons (Fsp3) is 0.656. The van der Waals surface area contributed by atoms with Crippen LogP contribution in [-0.2, 0) is 14.3 Å². The molecule has 2 N–H and O–H groups in total. The molecule has 7 atom stereocenters. The van der Waals surface area contributed by atoms with Gasteiger partial charge in [-0.1, -0.05) is 51.5 Å². The topological polar surface area (TPSA) is 80.3 Å². The summed E-state index contributed by atoms with van der Waals surface area (Å²) in [6.45, 7) is 10.9. The number of aromatic nitrogens is 1. The summed E-state index contributed by atoms with van der Waals surface area (Å²) < 4.78 is 5.93. The van der Waals surface area contributed by atoms with E-state index in [0.29, 0.717) is 17.8 Å². The Morgan fingerprint density at radius 1 is 1.08 bits per heavy atom. The molecule has 1 amide bonds. The summed E-state index contributed by atoms with van der Waals surface area (Å²) >= 11 is 0. The number of allylic oxidation sites excluding steroid dienone is 3. The minimum Gasteiger partial charge on any atom is -0.461 e. The summed E-state index contributed by atoms with van der Waals surface area (Å²) in [6.07, 6.45) is 16.3. The fourth-order valence-corrected chi connectivity index (χ4v) is 8.18. The number of ether oxygens (including phenoxy) is 1. The molecule has 0 saturated heterocycles. The van der Waals surface area contributed by atoms with Crippen LogP contribution in [0.25, 0.3) is 5.57 Å². The molecule has 2 saturated carbocycles. The standard InChI is InChI=1S/C32H45N3O3/c1-20(2)34-19-29(36)35-21(3)30(37)38-24-12-14-31(4)23(17-24)8-9-25-27-11-10-26(22-7-6-16-33-18-22)32(27,5)15-13-28(25)31/h6-8,10,16,18,20-21,24-25,27-28,34H,9,11-15,17,19H2,1-5H3,(H,35,36). The van der Waals surface area contributed by atoms with E-state index in [1.165, 1.54) is 29.6 Å². The number of hydrogen-bond donors (Lipinski definition) is 2. The molecular weight excluding hydrogens is 474 g/mol. The highest BCUT2D eigenvalue weighted by Crippen LogP contribution is 2.66. The van der Waals surface area contributed by atoms with Gasteiger partial charge in [0.25, 0.3) is 0 Å². The summed E-state index contributed by atoms with van der Waals surface area (Å²) in [6, 6.07) is 3.85. The number of pyridine rings is 1. The summed E-state index contributed by atoms with van der Waals surface area (Å²) in [7, 11) is 0. The fourth-order valence-electron chi connectivity index (χ4n) is 8.18. The van der Waals surface area contributed by atoms with Gasteiger partial charge in [0.2, 0.25) is 5.91 Å². The Hall–Kier alpha value is -2.47. The highest BCUT2D eigenvalue weighted by molar-refractivity contribution is 5.85. The van der Waals surface area contributed by atoms with Crippen molar-refractivity contribution in [2.75, 3.05) is 6.54 Å². The maximum absolute atomic E-state index is 12.8. The van der Waals surface area contributed by atoms with Gasteiger partial charge in [0.05, 0.1) is 6.54 Å². The molecule has 1 aromatic rings. The molecule has 6 heteroatoms. The number of carbonyl (C=O) groups is 2. The van der Waals surface area contributed by atoms with Gasteiger partial charge in [0.1, 0.15) is 12.1 Å². The zero-order chi connectivity index (χ0) is 27.1. The number of carbonyl (C=O) groups excluding carboxylic acids is 2. The average molecular weight is 520 g/mol. The lowest BCUT2D eigenvalue weighted by Gasteiger charge is -2.57. The van der Waals surface area contributed by atoms with Crippen molar-refractivity contribution in [3.8, 4) is 0 Å². The highest BCUT2D eigenvalue weighted by Gasteiger charge is 2.57. The third-order valence-electron chi connectivity index (χ3n) is 10.3. The van der Waals surface area contributed by atoms with Crippen molar-refractivity contribution in [2.24, 2.45) is 28.6 Å². The van der Waals surface area contributed by atoms with Gasteiger partial charge in [0, 0.05) is 24.9 Å². The summed E-state index contributed by atoms with van der Waals surface area (Å²) in [5, 5.41) is 5.84. The lowest BCUT2D eigenvalue weighted by Crippen LogP contribution is -2.50. The molecule has 1 aromatic heterocycles. The quantitative estimate of drug-likeness (QED) is 0.370. The van der Waals surface area contributed by atoms with E-state index < -0.39 is 6.04 Å². The molecule has 4 aliphatic carbocycles. The predicted octanol–water partition coefficient (Wildman–Crippen LogP) is 5.45. The molecule has 1 heterocycles. The Bertz CT molecular complexity index is 1110. The van der Waals surface area contributed by atoms with Crippen LogP contribution in [-0.4, -0.2) is 41.6 Å². The Labute approximate surface area is 228 Å². The van der Waals surface area contributed by atoms with Crippen LogP contribution in [0.2, 0.25) is 0 Å². The number of esters is 1. The van der Waals surface area contributed by atoms with Crippen LogP contribution in [0.4, 0.5) is 0 Å². The van der Waals surface area contributed by atoms with Crippen LogP contribution in [0.1, 0.15) is 85.1 Å². The maximum Gasteiger partial charge on any atom is 0.328 e. The van der Waals surface area contributed by atoms with Gasteiger partial charge in [-0.3, -0.25) is 9.78 Å². The first kappa shape index (κ1) is 27.1. The Morgan fingerprint density at radius 3 is 2.61 bits per heavy atom. The number of nitrogens with one attached hydrogen (secondary N) is 2. The van der Waals surface area contributed by atoms with E-state index in [4.69, 9.17) is 4.74 Å². The lowest BCUT2D eigenvalue weighted by molar-refractivity contribution is -0.154. The smallest absolute Gasteiger partial charge is 0.328 e. The molecule has 0 aromatic carbocycles. The molecule has 0 spiro atoms. The van der Waals surface area contributed by atoms with E-state index in [-0.39, 0.29) is 41.4 Å². The largest absolute Gasteiger partial charge is 0.461 e. The Balaban J connectivity index is 1.22. The zero-order valence-electron chi connectivity index (χ0n) is 23.8. The summed E-state index contributed by atoms with van der Waals surface area (Å²) in [4.78, 5) is 29.3. The molecule has 4 aliphatic rings. The van der Waals surface area contributed by atoms with Crippen LogP contribution in [0.3, 0.4) is 0 Å². The second-order valence-corrected chi connectivity index (χ2v) is 12.9. The van der Waals surface area contributed by atoms with Crippen molar-refractivity contribution in [3.63, 3.8) is 0 Å². The first-order chi connectivity index (χ1) is 18.1. The van der Waals surface area contributed by atoms with Crippen molar-refractivity contribution >= 4 is 17.4 Å². The predicted molar refractivity (Wildman–Crippen MR) is 150 cm³/mol. The second-order valence-electron chi connectivity index (χ2n) is 12.9. The molecule has 7 unspecified atom stereocenters. The molecule has 0 bridgehead atoms. The maximum atomic E-state index is 12.8. The molecule has 5 rings (SSSR count). The summed E-state index contributed by atoms with van der Waals surface area (Å²) in [5.41, 5.74) is 4.70. The highest BCUT2D eigenvalue weighted by atomic mass is 16.5. The van der Waals surface area contributed by atoms with E-state index in [2.05, 4.69) is 53.7 Å². The number of hydrogen-bond acceptors (Lipinski definition) is 5. The van der Waals surface area contributed by atoms with Gasteiger partial charge >= 0.3 is 5.97 Å². The summed E-state index contributed by atoms with van der Waals surface area (Å²) in [5.74, 6) is 1.54. The average Bonchev–Trinajstić information content (AvgIpc) is 3.25. The first-order valence-corrected chi connectivity index (χ1v) is 14.7. The lowest BCUT2D eigenvalue weighted by atomic mass is 9.47. The number of nitrogens with zero attached hydrogens (tertiary/aromatic N) is 1. The van der Waals surface area contributed by atoms with E-state index in [1.54, 1.807) is 6.92 Å². The normalized spacial score (nSPS) is 34.8. The van der Waals surface area contributed by atoms with Gasteiger partial charge in [-0.2, -0.15) is 0 Å². The Morgan fingerprint density at radius 2 is 1.87 bits per heavy atom.